The summed E-state index contributed by atoms with van der Waals surface area (Å²) in [6, 6.07) is 0. The van der Waals surface area contributed by atoms with Gasteiger partial charge in [0.2, 0.25) is 11.8 Å². The number of amides is 2. The average molecular weight is 279 g/mol. The Balaban J connectivity index is 1.91. The molecule has 1 atom stereocenters. The van der Waals surface area contributed by atoms with Crippen LogP contribution in [0.5, 0.6) is 0 Å². The summed E-state index contributed by atoms with van der Waals surface area (Å²) in [7, 11) is 1.72. The molecular weight excluding hydrogens is 258 g/mol. The largest absolute Gasteiger partial charge is 0.342 e. The normalized spacial score (nSPS) is 18.9. The van der Waals surface area contributed by atoms with Gasteiger partial charge in [-0.15, -0.1) is 0 Å². The number of carbonyl (C=O) groups is 2. The van der Waals surface area contributed by atoms with Crippen molar-refractivity contribution >= 4 is 11.8 Å². The molecule has 2 heterocycles. The lowest BCUT2D eigenvalue weighted by molar-refractivity contribution is -0.135. The number of likely N-dealkylation sites (tertiary alicyclic amines) is 1. The molecule has 1 N–H and O–H groups in total. The van der Waals surface area contributed by atoms with Crippen molar-refractivity contribution in [2.45, 2.75) is 26.8 Å². The van der Waals surface area contributed by atoms with E-state index in [1.54, 1.807) is 16.8 Å². The van der Waals surface area contributed by atoms with Crippen LogP contribution in [0, 0.1) is 11.8 Å². The van der Waals surface area contributed by atoms with Crippen molar-refractivity contribution in [3.8, 4) is 0 Å². The number of hydrogen-bond donors (Lipinski definition) is 1. The third-order valence-corrected chi connectivity index (χ3v) is 3.38. The zero-order chi connectivity index (χ0) is 14.7. The van der Waals surface area contributed by atoms with Crippen molar-refractivity contribution in [2.24, 2.45) is 11.8 Å². The van der Waals surface area contributed by atoms with E-state index in [-0.39, 0.29) is 17.7 Å². The molecule has 1 aliphatic heterocycles. The molecule has 20 heavy (non-hydrogen) atoms. The summed E-state index contributed by atoms with van der Waals surface area (Å²) in [6.07, 6.45) is 1.73. The molecule has 0 radical (unpaired) electrons. The minimum Gasteiger partial charge on any atom is -0.342 e. The lowest BCUT2D eigenvalue weighted by Crippen LogP contribution is -2.35. The van der Waals surface area contributed by atoms with E-state index in [9.17, 15) is 9.59 Å². The van der Waals surface area contributed by atoms with Gasteiger partial charge < -0.3 is 9.80 Å². The predicted octanol–water partition coefficient (Wildman–Crippen LogP) is 0.268. The van der Waals surface area contributed by atoms with Crippen LogP contribution >= 0.6 is 0 Å². The molecule has 1 fully saturated rings. The summed E-state index contributed by atoms with van der Waals surface area (Å²) in [6.45, 7) is 5.76. The van der Waals surface area contributed by atoms with Crippen LogP contribution in [-0.2, 0) is 16.1 Å². The van der Waals surface area contributed by atoms with Gasteiger partial charge in [0, 0.05) is 26.6 Å². The molecule has 0 aromatic carbocycles. The van der Waals surface area contributed by atoms with Crippen molar-refractivity contribution in [1.29, 1.82) is 0 Å². The van der Waals surface area contributed by atoms with E-state index in [2.05, 4.69) is 29.0 Å². The van der Waals surface area contributed by atoms with E-state index in [4.69, 9.17) is 0 Å². The lowest BCUT2D eigenvalue weighted by Gasteiger charge is -2.21. The van der Waals surface area contributed by atoms with Crippen LogP contribution in [0.2, 0.25) is 0 Å². The van der Waals surface area contributed by atoms with Crippen LogP contribution in [0.4, 0.5) is 0 Å². The van der Waals surface area contributed by atoms with Gasteiger partial charge in [-0.3, -0.25) is 14.7 Å². The molecule has 2 rings (SSSR count). The van der Waals surface area contributed by atoms with E-state index in [0.717, 1.165) is 0 Å². The molecule has 0 spiro atoms. The van der Waals surface area contributed by atoms with Crippen molar-refractivity contribution in [1.82, 2.24) is 25.0 Å². The maximum absolute atomic E-state index is 12.3. The molecule has 1 saturated heterocycles. The Bertz CT molecular complexity index is 471. The molecule has 7 nitrogen and oxygen atoms in total. The number of aromatic nitrogens is 3. The highest BCUT2D eigenvalue weighted by atomic mass is 16.2. The second-order valence-electron chi connectivity index (χ2n) is 5.72. The number of aromatic amines is 1. The van der Waals surface area contributed by atoms with Crippen LogP contribution in [0.1, 0.15) is 26.1 Å². The Morgan fingerprint density at radius 3 is 2.95 bits per heavy atom. The van der Waals surface area contributed by atoms with Gasteiger partial charge in [0.1, 0.15) is 12.2 Å². The maximum Gasteiger partial charge on any atom is 0.228 e. The Morgan fingerprint density at radius 1 is 1.60 bits per heavy atom. The monoisotopic (exact) mass is 279 g/mol. The molecule has 7 heteroatoms. The van der Waals surface area contributed by atoms with Gasteiger partial charge in [0.05, 0.1) is 12.5 Å². The second kappa shape index (κ2) is 6.02. The van der Waals surface area contributed by atoms with Gasteiger partial charge in [-0.25, -0.2) is 4.98 Å². The van der Waals surface area contributed by atoms with Gasteiger partial charge in [0.25, 0.3) is 0 Å². The third-order valence-electron chi connectivity index (χ3n) is 3.38. The minimum absolute atomic E-state index is 0.0130. The highest BCUT2D eigenvalue weighted by molar-refractivity contribution is 5.89. The number of hydrogen-bond acceptors (Lipinski definition) is 4. The molecule has 0 bridgehead atoms. The molecule has 0 aliphatic carbocycles. The molecule has 1 aromatic heterocycles. The average Bonchev–Trinajstić information content (AvgIpc) is 2.99. The summed E-state index contributed by atoms with van der Waals surface area (Å²) in [5, 5.41) is 6.48. The molecule has 110 valence electrons. The number of nitrogens with zero attached hydrogens (tertiary/aromatic N) is 4. The van der Waals surface area contributed by atoms with Crippen molar-refractivity contribution in [3.63, 3.8) is 0 Å². The van der Waals surface area contributed by atoms with Gasteiger partial charge in [0.15, 0.2) is 0 Å². The van der Waals surface area contributed by atoms with Crippen LogP contribution < -0.4 is 0 Å². The fourth-order valence-corrected chi connectivity index (χ4v) is 2.48. The number of carbonyl (C=O) groups excluding carboxylic acids is 2. The zero-order valence-corrected chi connectivity index (χ0v) is 12.2. The van der Waals surface area contributed by atoms with Crippen LogP contribution in [0.15, 0.2) is 6.33 Å². The van der Waals surface area contributed by atoms with Crippen LogP contribution in [-0.4, -0.2) is 56.9 Å². The number of H-pyrrole nitrogens is 1. The topological polar surface area (TPSA) is 82.2 Å². The number of rotatable bonds is 5. The van der Waals surface area contributed by atoms with Crippen LogP contribution in [0.25, 0.3) is 0 Å². The standard InChI is InChI=1S/C13H21N5O2/c1-9(2)5-18-6-10(4-12(18)19)13(20)17(3)7-11-14-8-15-16-11/h8-10H,4-7H2,1-3H3,(H,14,15,16). The minimum atomic E-state index is -0.242. The summed E-state index contributed by atoms with van der Waals surface area (Å²) < 4.78 is 0. The van der Waals surface area contributed by atoms with E-state index in [0.29, 0.717) is 37.8 Å². The first-order chi connectivity index (χ1) is 9.47. The quantitative estimate of drug-likeness (QED) is 0.838. The zero-order valence-electron chi connectivity index (χ0n) is 12.2. The SMILES string of the molecule is CC(C)CN1CC(C(=O)N(C)Cc2ncn[nH]2)CC1=O. The molecule has 0 saturated carbocycles. The van der Waals surface area contributed by atoms with Crippen molar-refractivity contribution in [2.75, 3.05) is 20.1 Å². The highest BCUT2D eigenvalue weighted by Gasteiger charge is 2.35. The Kier molecular flexibility index (Phi) is 4.36. The van der Waals surface area contributed by atoms with Crippen LogP contribution in [0.3, 0.4) is 0 Å². The van der Waals surface area contributed by atoms with E-state index < -0.39 is 0 Å². The summed E-state index contributed by atoms with van der Waals surface area (Å²) in [4.78, 5) is 31.6. The predicted molar refractivity (Wildman–Crippen MR) is 72.4 cm³/mol. The Labute approximate surface area is 118 Å². The van der Waals surface area contributed by atoms with Gasteiger partial charge in [-0.2, -0.15) is 5.10 Å². The second-order valence-corrected chi connectivity index (χ2v) is 5.72. The van der Waals surface area contributed by atoms with E-state index in [1.165, 1.54) is 6.33 Å². The van der Waals surface area contributed by atoms with Gasteiger partial charge in [-0.1, -0.05) is 13.8 Å². The Morgan fingerprint density at radius 2 is 2.35 bits per heavy atom. The molecule has 2 amide bonds. The number of nitrogens with one attached hydrogen (secondary N) is 1. The lowest BCUT2D eigenvalue weighted by atomic mass is 10.1. The smallest absolute Gasteiger partial charge is 0.228 e. The summed E-state index contributed by atoms with van der Waals surface area (Å²) in [5.41, 5.74) is 0. The molecular formula is C13H21N5O2. The van der Waals surface area contributed by atoms with E-state index in [1.807, 2.05) is 0 Å². The Hall–Kier alpha value is -1.92. The molecule has 1 aliphatic rings. The molecule has 1 aromatic rings. The maximum atomic E-state index is 12.3. The first-order valence-corrected chi connectivity index (χ1v) is 6.84. The first kappa shape index (κ1) is 14.5. The summed E-state index contributed by atoms with van der Waals surface area (Å²) in [5.74, 6) is 0.879. The van der Waals surface area contributed by atoms with Gasteiger partial charge >= 0.3 is 0 Å². The first-order valence-electron chi connectivity index (χ1n) is 6.84. The molecule has 1 unspecified atom stereocenters. The van der Waals surface area contributed by atoms with Crippen molar-refractivity contribution in [3.05, 3.63) is 12.2 Å². The third kappa shape index (κ3) is 3.34. The fourth-order valence-electron chi connectivity index (χ4n) is 2.48. The fraction of sp³-hybridized carbons (Fsp3) is 0.692. The van der Waals surface area contributed by atoms with E-state index >= 15 is 0 Å². The van der Waals surface area contributed by atoms with Crippen molar-refractivity contribution < 1.29 is 9.59 Å². The summed E-state index contributed by atoms with van der Waals surface area (Å²) >= 11 is 0. The highest BCUT2D eigenvalue weighted by Crippen LogP contribution is 2.21. The van der Waals surface area contributed by atoms with Gasteiger partial charge in [-0.05, 0) is 5.92 Å².